The summed E-state index contributed by atoms with van der Waals surface area (Å²) >= 11 is 0. The highest BCUT2D eigenvalue weighted by Gasteiger charge is 2.43. The van der Waals surface area contributed by atoms with E-state index in [0.29, 0.717) is 23.8 Å². The molecule has 3 aliphatic heterocycles. The second-order valence-corrected chi connectivity index (χ2v) is 12.2. The van der Waals surface area contributed by atoms with Gasteiger partial charge in [0.2, 0.25) is 5.90 Å². The van der Waals surface area contributed by atoms with Crippen LogP contribution in [-0.2, 0) is 11.3 Å². The lowest BCUT2D eigenvalue weighted by atomic mass is 9.92. The van der Waals surface area contributed by atoms with Gasteiger partial charge in [0.15, 0.2) is 18.0 Å². The topological polar surface area (TPSA) is 154 Å². The van der Waals surface area contributed by atoms with Gasteiger partial charge in [-0.25, -0.2) is 9.98 Å². The van der Waals surface area contributed by atoms with Gasteiger partial charge < -0.3 is 25.2 Å². The van der Waals surface area contributed by atoms with E-state index >= 15 is 0 Å². The number of aliphatic hydroxyl groups is 2. The van der Waals surface area contributed by atoms with Crippen LogP contribution in [0.5, 0.6) is 0 Å². The van der Waals surface area contributed by atoms with Crippen LogP contribution in [0.25, 0.3) is 22.0 Å². The fourth-order valence-corrected chi connectivity index (χ4v) is 6.69. The Balaban J connectivity index is 1.16. The van der Waals surface area contributed by atoms with Crippen LogP contribution in [0.15, 0.2) is 77.7 Å². The van der Waals surface area contributed by atoms with Crippen molar-refractivity contribution < 1.29 is 14.9 Å². The number of ether oxygens (including phenoxy) is 1. The smallest absolute Gasteiger partial charge is 0.217 e. The summed E-state index contributed by atoms with van der Waals surface area (Å²) in [5, 5.41) is 42.3. The van der Waals surface area contributed by atoms with E-state index in [2.05, 4.69) is 46.4 Å². The zero-order valence-electron chi connectivity index (χ0n) is 26.3. The van der Waals surface area contributed by atoms with Crippen LogP contribution in [0.3, 0.4) is 0 Å². The summed E-state index contributed by atoms with van der Waals surface area (Å²) in [6.07, 6.45) is 5.14. The highest BCUT2D eigenvalue weighted by Crippen LogP contribution is 2.36. The average molecular weight is 629 g/mol. The number of benzene rings is 2. The highest BCUT2D eigenvalue weighted by molar-refractivity contribution is 6.03. The van der Waals surface area contributed by atoms with E-state index in [1.165, 1.54) is 0 Å². The van der Waals surface area contributed by atoms with Crippen LogP contribution in [-0.4, -0.2) is 86.2 Å². The molecular weight excluding hydrogens is 592 g/mol. The van der Waals surface area contributed by atoms with Gasteiger partial charge in [-0.05, 0) is 72.4 Å². The van der Waals surface area contributed by atoms with Gasteiger partial charge in [-0.15, -0.1) is 0 Å². The Morgan fingerprint density at radius 2 is 1.87 bits per heavy atom. The van der Waals surface area contributed by atoms with Gasteiger partial charge in [0, 0.05) is 61.4 Å². The molecule has 0 spiro atoms. The molecule has 0 aliphatic carbocycles. The van der Waals surface area contributed by atoms with Crippen molar-refractivity contribution in [3.05, 3.63) is 95.0 Å². The Hall–Kier alpha value is -5.15. The van der Waals surface area contributed by atoms with Crippen molar-refractivity contribution >= 4 is 34.1 Å². The van der Waals surface area contributed by atoms with Crippen LogP contribution in [0.2, 0.25) is 0 Å². The molecule has 11 nitrogen and oxygen atoms in total. The van der Waals surface area contributed by atoms with Crippen molar-refractivity contribution in [2.75, 3.05) is 31.6 Å². The molecule has 11 heteroatoms. The van der Waals surface area contributed by atoms with Crippen molar-refractivity contribution in [1.82, 2.24) is 19.8 Å². The molecule has 4 aromatic rings. The van der Waals surface area contributed by atoms with E-state index in [0.717, 1.165) is 69.5 Å². The number of aromatic nitrogens is 2. The summed E-state index contributed by atoms with van der Waals surface area (Å²) in [7, 11) is 0. The summed E-state index contributed by atoms with van der Waals surface area (Å²) in [6, 6.07) is 17.7. The van der Waals surface area contributed by atoms with Crippen molar-refractivity contribution in [3.8, 4) is 17.2 Å². The highest BCUT2D eigenvalue weighted by atomic mass is 16.5. The summed E-state index contributed by atoms with van der Waals surface area (Å²) in [4.78, 5) is 18.0. The summed E-state index contributed by atoms with van der Waals surface area (Å²) in [5.41, 5.74) is 8.02. The summed E-state index contributed by atoms with van der Waals surface area (Å²) < 4.78 is 6.24. The number of aliphatic hydroxyl groups excluding tert-OH is 2. The first kappa shape index (κ1) is 30.5. The number of nitriles is 1. The molecule has 2 unspecified atom stereocenters. The van der Waals surface area contributed by atoms with Crippen LogP contribution < -0.4 is 5.32 Å². The van der Waals surface area contributed by atoms with Crippen molar-refractivity contribution in [2.24, 2.45) is 4.99 Å². The molecule has 2 aromatic carbocycles. The number of β-amino-alcohol motifs (C(OH)–C–C–N with tert-alkyl or cyclic N) is 2. The van der Waals surface area contributed by atoms with Crippen molar-refractivity contribution in [3.63, 3.8) is 0 Å². The Labute approximate surface area is 273 Å². The Kier molecular flexibility index (Phi) is 8.15. The Bertz CT molecular complexity index is 1980. The number of nitrogens with zero attached hydrogens (tertiary/aromatic N) is 6. The molecule has 238 valence electrons. The molecule has 1 saturated heterocycles. The number of fused-ring (bicyclic) bond motifs is 2. The number of aliphatic imine (C=N–C) groups is 1. The van der Waals surface area contributed by atoms with E-state index in [1.54, 1.807) is 17.3 Å². The number of nitrogens with one attached hydrogen (secondary N) is 2. The maximum absolute atomic E-state index is 9.90. The lowest BCUT2D eigenvalue weighted by Crippen LogP contribution is -2.45. The van der Waals surface area contributed by atoms with E-state index in [9.17, 15) is 15.5 Å². The third-order valence-electron chi connectivity index (χ3n) is 9.19. The van der Waals surface area contributed by atoms with Gasteiger partial charge in [-0.3, -0.25) is 15.3 Å². The monoisotopic (exact) mass is 628 g/mol. The number of rotatable bonds is 8. The standard InChI is InChI=1S/C36H36N8O3/c1-21-27(5-3-7-29(21)36-42-32-33(47-36)25(16-37)19-44(13-14-45)34(32)38)28-6-4-8-30(22(28)2)41-35-31-24(9-11-39-35)15-23(17-40-31)18-43-12-10-26(46)20-43/h3-9,11,15,17,19,26,32-33,38,45-46H,10,12-14,18,20H2,1-2H3,(H,39,41)/t26-,32?,33?/m1/s1. The largest absolute Gasteiger partial charge is 0.466 e. The molecule has 4 N–H and O–H groups in total. The molecule has 0 amide bonds. The molecule has 0 radical (unpaired) electrons. The lowest BCUT2D eigenvalue weighted by Gasteiger charge is -2.30. The maximum atomic E-state index is 9.90. The predicted octanol–water partition coefficient (Wildman–Crippen LogP) is 4.43. The number of likely N-dealkylation sites (tertiary alicyclic amines) is 1. The van der Waals surface area contributed by atoms with Gasteiger partial charge in [0.25, 0.3) is 0 Å². The number of anilines is 2. The molecule has 2 aromatic heterocycles. The number of amidine groups is 1. The zero-order chi connectivity index (χ0) is 32.7. The molecule has 0 bridgehead atoms. The minimum atomic E-state index is -0.666. The quantitative estimate of drug-likeness (QED) is 0.222. The van der Waals surface area contributed by atoms with E-state index < -0.39 is 12.1 Å². The van der Waals surface area contributed by atoms with Crippen molar-refractivity contribution in [1.29, 1.82) is 10.7 Å². The minimum absolute atomic E-state index is 0.139. The second kappa shape index (κ2) is 12.6. The normalized spacial score (nSPS) is 20.9. The van der Waals surface area contributed by atoms with Crippen LogP contribution in [0.4, 0.5) is 11.5 Å². The summed E-state index contributed by atoms with van der Waals surface area (Å²) in [6.45, 7) is 6.51. The van der Waals surface area contributed by atoms with Crippen LogP contribution in [0, 0.1) is 30.6 Å². The summed E-state index contributed by atoms with van der Waals surface area (Å²) in [5.74, 6) is 1.27. The fourth-order valence-electron chi connectivity index (χ4n) is 6.69. The molecule has 3 atom stereocenters. The van der Waals surface area contributed by atoms with Gasteiger partial charge in [-0.1, -0.05) is 24.3 Å². The number of hydrogen-bond donors (Lipinski definition) is 4. The van der Waals surface area contributed by atoms with Gasteiger partial charge in [0.1, 0.15) is 17.4 Å². The molecule has 5 heterocycles. The fraction of sp³-hybridized carbons (Fsp3) is 0.306. The molecular formula is C36H36N8O3. The van der Waals surface area contributed by atoms with E-state index in [1.807, 2.05) is 43.5 Å². The van der Waals surface area contributed by atoms with E-state index in [-0.39, 0.29) is 25.1 Å². The number of pyridine rings is 2. The van der Waals surface area contributed by atoms with E-state index in [4.69, 9.17) is 20.1 Å². The van der Waals surface area contributed by atoms with Gasteiger partial charge in [0.05, 0.1) is 18.3 Å². The van der Waals surface area contributed by atoms with Crippen molar-refractivity contribution in [2.45, 2.75) is 45.1 Å². The third kappa shape index (κ3) is 5.72. The first-order chi connectivity index (χ1) is 22.8. The first-order valence-electron chi connectivity index (χ1n) is 15.8. The van der Waals surface area contributed by atoms with Crippen LogP contribution in [0.1, 0.15) is 28.7 Å². The maximum Gasteiger partial charge on any atom is 0.217 e. The molecule has 3 aliphatic rings. The third-order valence-corrected chi connectivity index (χ3v) is 9.19. The Morgan fingerprint density at radius 3 is 2.64 bits per heavy atom. The predicted molar refractivity (Wildman–Crippen MR) is 180 cm³/mol. The van der Waals surface area contributed by atoms with Crippen LogP contribution >= 0.6 is 0 Å². The molecule has 47 heavy (non-hydrogen) atoms. The Morgan fingerprint density at radius 1 is 1.09 bits per heavy atom. The lowest BCUT2D eigenvalue weighted by molar-refractivity contribution is 0.175. The molecule has 0 saturated carbocycles. The SMILES string of the molecule is Cc1c(Nc2nccc3cc(CN4CC[C@@H](O)C4)cnc23)cccc1-c1cccc(C2=NC3C(=N)N(CCO)C=C(C#N)C3O2)c1C. The zero-order valence-corrected chi connectivity index (χ0v) is 26.3. The minimum Gasteiger partial charge on any atom is -0.466 e. The van der Waals surface area contributed by atoms with Gasteiger partial charge in [-0.2, -0.15) is 5.26 Å². The molecule has 7 rings (SSSR count). The number of hydrogen-bond acceptors (Lipinski definition) is 10. The molecule has 1 fully saturated rings. The average Bonchev–Trinajstić information content (AvgIpc) is 3.70. The first-order valence-corrected chi connectivity index (χ1v) is 15.8. The second-order valence-electron chi connectivity index (χ2n) is 12.2. The van der Waals surface area contributed by atoms with Gasteiger partial charge >= 0.3 is 0 Å².